The molecule has 0 aliphatic carbocycles. The quantitative estimate of drug-likeness (QED) is 0.121. The molecule has 0 amide bonds. The molecule has 0 aliphatic heterocycles. The zero-order chi connectivity index (χ0) is 33.0. The molecule has 0 unspecified atom stereocenters. The summed E-state index contributed by atoms with van der Waals surface area (Å²) in [5, 5.41) is 1.73. The number of hydrogen-bond donors (Lipinski definition) is 0. The predicted octanol–water partition coefficient (Wildman–Crippen LogP) is 10.4. The molecule has 7 aromatic rings. The third-order valence-corrected chi connectivity index (χ3v) is 28.8. The SMILES string of the molecule is BrP(Cc1ccc(CP(Br)(c2ccccc2)(c2ccccc2)c2ccccc2)cc1)(c1ccccc1)(c1ccccc1)c1ccccc1. The summed E-state index contributed by atoms with van der Waals surface area (Å²) in [4.78, 5) is 0. The number of benzene rings is 7. The molecule has 0 N–H and O–H groups in total. The van der Waals surface area contributed by atoms with Gasteiger partial charge in [0.25, 0.3) is 0 Å². The summed E-state index contributed by atoms with van der Waals surface area (Å²) in [7, 11) is 0. The molecule has 0 atom stereocenters. The van der Waals surface area contributed by atoms with Gasteiger partial charge in [-0.15, -0.1) is 0 Å². The van der Waals surface area contributed by atoms with Crippen LogP contribution in [0.25, 0.3) is 0 Å². The molecule has 0 spiro atoms. The summed E-state index contributed by atoms with van der Waals surface area (Å²) in [5.41, 5.74) is 2.61. The van der Waals surface area contributed by atoms with Crippen LogP contribution in [0.4, 0.5) is 0 Å². The topological polar surface area (TPSA) is 0 Å². The van der Waals surface area contributed by atoms with Crippen molar-refractivity contribution < 1.29 is 0 Å². The Hall–Kier alpha value is -3.64. The van der Waals surface area contributed by atoms with Gasteiger partial charge in [0.1, 0.15) is 0 Å². The minimum atomic E-state index is -3.12. The second-order valence-corrected chi connectivity index (χ2v) is 30.4. The fourth-order valence-electron chi connectivity index (χ4n) is 7.31. The molecule has 7 rings (SSSR count). The van der Waals surface area contributed by atoms with E-state index in [0.29, 0.717) is 0 Å². The Morgan fingerprint density at radius 1 is 0.250 bits per heavy atom. The minimum absolute atomic E-state index is 0.859. The van der Waals surface area contributed by atoms with E-state index in [0.717, 1.165) is 12.3 Å². The van der Waals surface area contributed by atoms with Gasteiger partial charge in [0.15, 0.2) is 0 Å². The van der Waals surface area contributed by atoms with Crippen molar-refractivity contribution in [2.24, 2.45) is 0 Å². The molecular formula is C44H38Br2P2. The van der Waals surface area contributed by atoms with Crippen molar-refractivity contribution in [1.82, 2.24) is 0 Å². The van der Waals surface area contributed by atoms with Crippen molar-refractivity contribution >= 4 is 73.4 Å². The predicted molar refractivity (Wildman–Crippen MR) is 222 cm³/mol. The first-order valence-electron chi connectivity index (χ1n) is 16.3. The van der Waals surface area contributed by atoms with Gasteiger partial charge in [-0.2, -0.15) is 0 Å². The van der Waals surface area contributed by atoms with Crippen molar-refractivity contribution in [3.63, 3.8) is 0 Å². The van der Waals surface area contributed by atoms with Crippen LogP contribution in [0.1, 0.15) is 11.1 Å². The average molecular weight is 789 g/mol. The fourth-order valence-corrected chi connectivity index (χ4v) is 22.7. The summed E-state index contributed by atoms with van der Waals surface area (Å²) in [6.45, 7) is 0. The molecule has 0 saturated heterocycles. The first kappa shape index (κ1) is 32.9. The molecule has 7 aromatic carbocycles. The Morgan fingerprint density at radius 2 is 0.417 bits per heavy atom. The Kier molecular flexibility index (Phi) is 9.14. The maximum atomic E-state index is 4.65. The van der Waals surface area contributed by atoms with Crippen LogP contribution in [0.5, 0.6) is 0 Å². The number of rotatable bonds is 10. The Morgan fingerprint density at radius 3 is 0.583 bits per heavy atom. The Balaban J connectivity index is 1.38. The molecule has 0 saturated carbocycles. The van der Waals surface area contributed by atoms with Gasteiger partial charge in [0.05, 0.1) is 0 Å². The number of hydrogen-bond acceptors (Lipinski definition) is 0. The molecule has 0 bridgehead atoms. The van der Waals surface area contributed by atoms with Crippen molar-refractivity contribution in [2.75, 3.05) is 0 Å². The second kappa shape index (κ2) is 13.3. The summed E-state index contributed by atoms with van der Waals surface area (Å²) in [6, 6.07) is 75.8. The molecular weight excluding hydrogens is 750 g/mol. The average Bonchev–Trinajstić information content (AvgIpc) is 3.18. The van der Waals surface area contributed by atoms with Crippen molar-refractivity contribution in [3.8, 4) is 0 Å². The van der Waals surface area contributed by atoms with E-state index in [-0.39, 0.29) is 0 Å². The fraction of sp³-hybridized carbons (Fsp3) is 0.0455. The molecule has 0 nitrogen and oxygen atoms in total. The van der Waals surface area contributed by atoms with Gasteiger partial charge in [-0.25, -0.2) is 0 Å². The van der Waals surface area contributed by atoms with Crippen LogP contribution >= 0.6 is 41.6 Å². The van der Waals surface area contributed by atoms with Gasteiger partial charge >= 0.3 is 303 Å². The zero-order valence-corrected chi connectivity index (χ0v) is 31.7. The Labute approximate surface area is 301 Å². The van der Waals surface area contributed by atoms with Gasteiger partial charge in [-0.3, -0.25) is 0 Å². The molecule has 0 heterocycles. The van der Waals surface area contributed by atoms with Crippen LogP contribution in [0, 0.1) is 0 Å². The van der Waals surface area contributed by atoms with E-state index in [1.807, 2.05) is 0 Å². The van der Waals surface area contributed by atoms with Crippen LogP contribution in [0.2, 0.25) is 0 Å². The van der Waals surface area contributed by atoms with E-state index >= 15 is 0 Å². The van der Waals surface area contributed by atoms with Gasteiger partial charge < -0.3 is 0 Å². The van der Waals surface area contributed by atoms with E-state index < -0.39 is 10.6 Å². The molecule has 0 aliphatic rings. The van der Waals surface area contributed by atoms with Crippen molar-refractivity contribution in [2.45, 2.75) is 12.3 Å². The third kappa shape index (κ3) is 5.54. The molecule has 0 aromatic heterocycles. The first-order chi connectivity index (χ1) is 23.4. The van der Waals surface area contributed by atoms with E-state index in [2.05, 4.69) is 237 Å². The summed E-state index contributed by atoms with van der Waals surface area (Å²) < 4.78 is 0. The first-order valence-corrected chi connectivity index (χ1v) is 25.2. The maximum absolute atomic E-state index is 4.65. The number of halogens is 2. The van der Waals surface area contributed by atoms with E-state index in [1.54, 1.807) is 0 Å². The standard InChI is InChI=1S/C44H38Br2P2/c45-47(39-19-7-1-8-20-39,40-21-9-2-10-22-40,41-23-11-3-12-24-41)35-37-31-33-38(34-32-37)36-48(46,42-25-13-4-14-26-42,43-27-15-5-16-28-43)44-29-17-6-18-30-44/h1-34H,35-36H2. The van der Waals surface area contributed by atoms with E-state index in [1.165, 1.54) is 43.0 Å². The van der Waals surface area contributed by atoms with Crippen LogP contribution in [-0.4, -0.2) is 0 Å². The Bertz CT molecular complexity index is 1730. The molecule has 0 radical (unpaired) electrons. The van der Waals surface area contributed by atoms with E-state index in [9.17, 15) is 0 Å². The van der Waals surface area contributed by atoms with Crippen LogP contribution in [-0.2, 0) is 12.3 Å². The van der Waals surface area contributed by atoms with Gasteiger partial charge in [0.2, 0.25) is 0 Å². The summed E-state index contributed by atoms with van der Waals surface area (Å²) in [6.07, 6.45) is 1.72. The molecule has 48 heavy (non-hydrogen) atoms. The molecule has 238 valence electrons. The van der Waals surface area contributed by atoms with Crippen LogP contribution < -0.4 is 31.8 Å². The second-order valence-electron chi connectivity index (χ2n) is 12.5. The van der Waals surface area contributed by atoms with E-state index in [4.69, 9.17) is 0 Å². The monoisotopic (exact) mass is 786 g/mol. The third-order valence-electron chi connectivity index (χ3n) is 9.75. The normalized spacial score (nSPS) is 13.5. The van der Waals surface area contributed by atoms with Crippen molar-refractivity contribution in [3.05, 3.63) is 217 Å². The van der Waals surface area contributed by atoms with Crippen LogP contribution in [0.15, 0.2) is 206 Å². The van der Waals surface area contributed by atoms with Gasteiger partial charge in [-0.05, 0) is 0 Å². The molecule has 4 heteroatoms. The summed E-state index contributed by atoms with van der Waals surface area (Å²) in [5.74, 6) is 0. The van der Waals surface area contributed by atoms with Crippen molar-refractivity contribution in [1.29, 1.82) is 0 Å². The molecule has 0 fully saturated rings. The van der Waals surface area contributed by atoms with Gasteiger partial charge in [-0.1, -0.05) is 0 Å². The zero-order valence-electron chi connectivity index (χ0n) is 26.7. The van der Waals surface area contributed by atoms with Gasteiger partial charge in [0, 0.05) is 0 Å². The summed E-state index contributed by atoms with van der Waals surface area (Å²) >= 11 is 9.30. The van der Waals surface area contributed by atoms with Crippen LogP contribution in [0.3, 0.4) is 0 Å².